The predicted octanol–water partition coefficient (Wildman–Crippen LogP) is 4.34. The van der Waals surface area contributed by atoms with Crippen LogP contribution in [0.1, 0.15) is 80.1 Å². The van der Waals surface area contributed by atoms with E-state index in [9.17, 15) is 9.59 Å². The van der Waals surface area contributed by atoms with E-state index in [0.29, 0.717) is 11.8 Å². The maximum Gasteiger partial charge on any atom is 0.225 e. The quantitative estimate of drug-likeness (QED) is 0.750. The van der Waals surface area contributed by atoms with E-state index in [0.717, 1.165) is 26.2 Å². The number of carbonyl (C=O) groups is 2. The van der Waals surface area contributed by atoms with Gasteiger partial charge in [-0.25, -0.2) is 0 Å². The molecule has 2 aliphatic rings. The average molecular weight is 341 g/mol. The second-order valence-corrected chi connectivity index (χ2v) is 7.08. The van der Waals surface area contributed by atoms with Gasteiger partial charge < -0.3 is 9.80 Å². The van der Waals surface area contributed by atoms with Crippen LogP contribution in [0.3, 0.4) is 0 Å². The highest BCUT2D eigenvalue weighted by atomic mass is 16.2. The van der Waals surface area contributed by atoms with E-state index >= 15 is 0 Å². The molecular formula is C20H40N2O2. The summed E-state index contributed by atoms with van der Waals surface area (Å²) in [6, 6.07) is 0. The highest BCUT2D eigenvalue weighted by Gasteiger charge is 2.19. The third-order valence-electron chi connectivity index (χ3n) is 4.32. The largest absolute Gasteiger partial charge is 0.342 e. The van der Waals surface area contributed by atoms with E-state index in [4.69, 9.17) is 0 Å². The number of hydrogen-bond donors (Lipinski definition) is 0. The van der Waals surface area contributed by atoms with Gasteiger partial charge in [0.25, 0.3) is 0 Å². The van der Waals surface area contributed by atoms with Crippen LogP contribution in [0.4, 0.5) is 0 Å². The number of carbonyl (C=O) groups excluding carboxylic acids is 2. The fourth-order valence-electron chi connectivity index (χ4n) is 2.96. The fraction of sp³-hybridized carbons (Fsp3) is 0.900. The molecule has 0 aliphatic carbocycles. The molecule has 4 heteroatoms. The number of hydrogen-bond acceptors (Lipinski definition) is 2. The Morgan fingerprint density at radius 3 is 1.04 bits per heavy atom. The summed E-state index contributed by atoms with van der Waals surface area (Å²) in [5, 5.41) is 0. The van der Waals surface area contributed by atoms with Crippen LogP contribution < -0.4 is 0 Å². The Balaban J connectivity index is 0.000000400. The molecule has 2 saturated heterocycles. The molecule has 0 radical (unpaired) electrons. The second kappa shape index (κ2) is 13.3. The standard InChI is InChI=1S/2C9H17NO.C2H6/c2*1-8(2)9(11)10-6-4-3-5-7-10;1-2/h2*8H,3-7H2,1-2H3;1-2H3. The molecule has 0 aromatic rings. The van der Waals surface area contributed by atoms with Gasteiger partial charge in [0.2, 0.25) is 11.8 Å². The van der Waals surface area contributed by atoms with E-state index in [1.54, 1.807) is 0 Å². The molecule has 2 rings (SSSR count). The number of amides is 2. The summed E-state index contributed by atoms with van der Waals surface area (Å²) >= 11 is 0. The highest BCUT2D eigenvalue weighted by molar-refractivity contribution is 5.78. The molecule has 2 heterocycles. The van der Waals surface area contributed by atoms with E-state index in [-0.39, 0.29) is 11.8 Å². The maximum absolute atomic E-state index is 11.4. The van der Waals surface area contributed by atoms with Gasteiger partial charge in [0.05, 0.1) is 0 Å². The van der Waals surface area contributed by atoms with Gasteiger partial charge in [-0.3, -0.25) is 9.59 Å². The first-order valence-electron chi connectivity index (χ1n) is 10.0. The van der Waals surface area contributed by atoms with Crippen molar-refractivity contribution < 1.29 is 9.59 Å². The Labute approximate surface area is 150 Å². The molecule has 142 valence electrons. The summed E-state index contributed by atoms with van der Waals surface area (Å²) in [5.41, 5.74) is 0. The minimum atomic E-state index is 0.174. The lowest BCUT2D eigenvalue weighted by Gasteiger charge is -2.28. The third-order valence-corrected chi connectivity index (χ3v) is 4.32. The zero-order valence-corrected chi connectivity index (χ0v) is 16.9. The van der Waals surface area contributed by atoms with Crippen LogP contribution in [0.25, 0.3) is 0 Å². The van der Waals surface area contributed by atoms with Gasteiger partial charge in [0.1, 0.15) is 0 Å². The summed E-state index contributed by atoms with van der Waals surface area (Å²) in [6.45, 7) is 15.8. The minimum Gasteiger partial charge on any atom is -0.342 e. The second-order valence-electron chi connectivity index (χ2n) is 7.08. The van der Waals surface area contributed by atoms with Crippen LogP contribution in [0, 0.1) is 11.8 Å². The van der Waals surface area contributed by atoms with Crippen molar-refractivity contribution in [3.05, 3.63) is 0 Å². The smallest absolute Gasteiger partial charge is 0.225 e. The van der Waals surface area contributed by atoms with Crippen molar-refractivity contribution in [3.8, 4) is 0 Å². The summed E-state index contributed by atoms with van der Waals surface area (Å²) in [4.78, 5) is 26.8. The first-order valence-corrected chi connectivity index (χ1v) is 10.0. The van der Waals surface area contributed by atoms with Crippen molar-refractivity contribution >= 4 is 11.8 Å². The van der Waals surface area contributed by atoms with Gasteiger partial charge in [-0.05, 0) is 38.5 Å². The molecule has 0 saturated carbocycles. The third kappa shape index (κ3) is 8.70. The molecule has 4 nitrogen and oxygen atoms in total. The van der Waals surface area contributed by atoms with Crippen molar-refractivity contribution in [2.75, 3.05) is 26.2 Å². The Morgan fingerprint density at radius 1 is 0.583 bits per heavy atom. The topological polar surface area (TPSA) is 40.6 Å². The van der Waals surface area contributed by atoms with Crippen LogP contribution in [-0.4, -0.2) is 47.8 Å². The Morgan fingerprint density at radius 2 is 0.833 bits per heavy atom. The van der Waals surface area contributed by atoms with E-state index in [1.807, 2.05) is 51.3 Å². The molecule has 0 aromatic carbocycles. The van der Waals surface area contributed by atoms with Crippen LogP contribution in [-0.2, 0) is 9.59 Å². The summed E-state index contributed by atoms with van der Waals surface area (Å²) in [7, 11) is 0. The molecule has 0 aromatic heterocycles. The first-order chi connectivity index (χ1) is 11.4. The summed E-state index contributed by atoms with van der Waals surface area (Å²) in [5.74, 6) is 0.996. The number of piperidine rings is 2. The lowest BCUT2D eigenvalue weighted by atomic mass is 10.1. The summed E-state index contributed by atoms with van der Waals surface area (Å²) < 4.78 is 0. The predicted molar refractivity (Wildman–Crippen MR) is 102 cm³/mol. The molecule has 2 aliphatic heterocycles. The Bertz CT molecular complexity index is 308. The zero-order valence-electron chi connectivity index (χ0n) is 16.9. The molecule has 0 bridgehead atoms. The van der Waals surface area contributed by atoms with Gasteiger partial charge in [0, 0.05) is 38.0 Å². The van der Waals surface area contributed by atoms with E-state index in [2.05, 4.69) is 0 Å². The van der Waals surface area contributed by atoms with E-state index < -0.39 is 0 Å². The summed E-state index contributed by atoms with van der Waals surface area (Å²) in [6.07, 6.45) is 7.36. The van der Waals surface area contributed by atoms with Crippen LogP contribution in [0.5, 0.6) is 0 Å². The molecule has 0 atom stereocenters. The fourth-order valence-corrected chi connectivity index (χ4v) is 2.96. The molecule has 0 spiro atoms. The lowest BCUT2D eigenvalue weighted by Crippen LogP contribution is -2.38. The van der Waals surface area contributed by atoms with Crippen LogP contribution in [0.15, 0.2) is 0 Å². The molecule has 0 unspecified atom stereocenters. The number of rotatable bonds is 2. The van der Waals surface area contributed by atoms with Crippen LogP contribution in [0.2, 0.25) is 0 Å². The van der Waals surface area contributed by atoms with Crippen molar-refractivity contribution in [1.82, 2.24) is 9.80 Å². The lowest BCUT2D eigenvalue weighted by molar-refractivity contribution is -0.136. The van der Waals surface area contributed by atoms with Gasteiger partial charge in [-0.1, -0.05) is 41.5 Å². The first kappa shape index (κ1) is 22.9. The average Bonchev–Trinajstić information content (AvgIpc) is 2.64. The van der Waals surface area contributed by atoms with Gasteiger partial charge in [-0.2, -0.15) is 0 Å². The Kier molecular flexibility index (Phi) is 12.7. The molecule has 0 N–H and O–H groups in total. The van der Waals surface area contributed by atoms with Crippen molar-refractivity contribution in [2.45, 2.75) is 80.1 Å². The zero-order chi connectivity index (χ0) is 18.5. The van der Waals surface area contributed by atoms with Gasteiger partial charge in [-0.15, -0.1) is 0 Å². The van der Waals surface area contributed by atoms with Crippen LogP contribution >= 0.6 is 0 Å². The Hall–Kier alpha value is -1.06. The van der Waals surface area contributed by atoms with Crippen molar-refractivity contribution in [3.63, 3.8) is 0 Å². The molecular weight excluding hydrogens is 300 g/mol. The maximum atomic E-state index is 11.4. The van der Waals surface area contributed by atoms with Crippen molar-refractivity contribution in [1.29, 1.82) is 0 Å². The van der Waals surface area contributed by atoms with E-state index in [1.165, 1.54) is 38.5 Å². The highest BCUT2D eigenvalue weighted by Crippen LogP contribution is 2.12. The number of nitrogens with zero attached hydrogens (tertiary/aromatic N) is 2. The minimum absolute atomic E-state index is 0.174. The molecule has 2 fully saturated rings. The SMILES string of the molecule is CC.CC(C)C(=O)N1CCCCC1.CC(C)C(=O)N1CCCCC1. The van der Waals surface area contributed by atoms with Gasteiger partial charge in [0.15, 0.2) is 0 Å². The number of likely N-dealkylation sites (tertiary alicyclic amines) is 2. The molecule has 24 heavy (non-hydrogen) atoms. The molecule has 2 amide bonds. The monoisotopic (exact) mass is 340 g/mol. The van der Waals surface area contributed by atoms with Gasteiger partial charge >= 0.3 is 0 Å². The van der Waals surface area contributed by atoms with Crippen molar-refractivity contribution in [2.24, 2.45) is 11.8 Å². The normalized spacial score (nSPS) is 17.7.